The average molecular weight is 408 g/mol. The largest absolute Gasteiger partial charge is 0.462 e. The van der Waals surface area contributed by atoms with Gasteiger partial charge in [-0.05, 0) is 39.2 Å². The summed E-state index contributed by atoms with van der Waals surface area (Å²) in [6.07, 6.45) is 1.14. The third-order valence-corrected chi connectivity index (χ3v) is 5.16. The van der Waals surface area contributed by atoms with Crippen molar-refractivity contribution in [1.29, 1.82) is 0 Å². The van der Waals surface area contributed by atoms with Gasteiger partial charge in [0.25, 0.3) is 5.91 Å². The molecule has 0 radical (unpaired) electrons. The Balaban J connectivity index is 2.10. The second-order valence-electron chi connectivity index (χ2n) is 5.95. The average Bonchev–Trinajstić information content (AvgIpc) is 3.18. The summed E-state index contributed by atoms with van der Waals surface area (Å²) in [6.45, 7) is 8.71. The lowest BCUT2D eigenvalue weighted by atomic mass is 10.1. The molecule has 0 spiro atoms. The highest BCUT2D eigenvalue weighted by atomic mass is 32.1. The monoisotopic (exact) mass is 408 g/mol. The van der Waals surface area contributed by atoms with E-state index in [4.69, 9.17) is 14.0 Å². The van der Waals surface area contributed by atoms with Crippen LogP contribution in [-0.4, -0.2) is 36.2 Å². The first-order valence-electron chi connectivity index (χ1n) is 9.05. The number of carbonyl (C=O) groups excluding carboxylic acids is 3. The second kappa shape index (κ2) is 9.50. The fourth-order valence-corrected chi connectivity index (χ4v) is 3.95. The first-order valence-corrected chi connectivity index (χ1v) is 9.87. The van der Waals surface area contributed by atoms with Gasteiger partial charge in [0.2, 0.25) is 0 Å². The highest BCUT2D eigenvalue weighted by molar-refractivity contribution is 7.16. The topological polar surface area (TPSA) is 108 Å². The summed E-state index contributed by atoms with van der Waals surface area (Å²) in [4.78, 5) is 37.8. The highest BCUT2D eigenvalue weighted by Gasteiger charge is 2.25. The second-order valence-corrected chi connectivity index (χ2v) is 7.18. The maximum atomic E-state index is 12.3. The van der Waals surface area contributed by atoms with Crippen LogP contribution in [0.1, 0.15) is 63.4 Å². The quantitative estimate of drug-likeness (QED) is 0.667. The number of ether oxygens (including phenoxy) is 2. The Kier molecular flexibility index (Phi) is 7.33. The zero-order valence-corrected chi connectivity index (χ0v) is 17.4. The number of thiophene rings is 1. The molecule has 9 heteroatoms. The molecule has 2 aromatic heterocycles. The van der Waals surface area contributed by atoms with Crippen LogP contribution in [0, 0.1) is 13.8 Å². The number of hydrogen-bond donors (Lipinski definition) is 1. The van der Waals surface area contributed by atoms with Gasteiger partial charge in [0.15, 0.2) is 6.61 Å². The summed E-state index contributed by atoms with van der Waals surface area (Å²) in [5.74, 6) is -1.36. The van der Waals surface area contributed by atoms with E-state index in [1.54, 1.807) is 13.8 Å². The molecule has 1 N–H and O–H groups in total. The van der Waals surface area contributed by atoms with Gasteiger partial charge in [-0.3, -0.25) is 4.79 Å². The summed E-state index contributed by atoms with van der Waals surface area (Å²) in [6, 6.07) is 0. The van der Waals surface area contributed by atoms with Crippen LogP contribution in [0.2, 0.25) is 0 Å². The molecule has 0 bridgehead atoms. The van der Waals surface area contributed by atoms with Gasteiger partial charge in [0.05, 0.1) is 17.9 Å². The van der Waals surface area contributed by atoms with E-state index in [0.717, 1.165) is 10.4 Å². The predicted molar refractivity (Wildman–Crippen MR) is 104 cm³/mol. The predicted octanol–water partition coefficient (Wildman–Crippen LogP) is 3.45. The number of rotatable bonds is 8. The fourth-order valence-electron chi connectivity index (χ4n) is 2.80. The number of hydrogen-bond acceptors (Lipinski definition) is 8. The van der Waals surface area contributed by atoms with Crippen LogP contribution >= 0.6 is 11.3 Å². The zero-order valence-electron chi connectivity index (χ0n) is 16.6. The molecule has 0 atom stereocenters. The van der Waals surface area contributed by atoms with E-state index in [0.29, 0.717) is 34.9 Å². The highest BCUT2D eigenvalue weighted by Crippen LogP contribution is 2.34. The maximum absolute atomic E-state index is 12.3. The number of anilines is 1. The molecule has 0 aliphatic rings. The minimum atomic E-state index is -0.673. The summed E-state index contributed by atoms with van der Waals surface area (Å²) in [5, 5.41) is 6.84. The van der Waals surface area contributed by atoms with Crippen molar-refractivity contribution in [3.05, 3.63) is 33.0 Å². The van der Waals surface area contributed by atoms with E-state index in [1.807, 2.05) is 20.8 Å². The molecule has 0 saturated carbocycles. The molecule has 28 heavy (non-hydrogen) atoms. The minimum absolute atomic E-state index is 0.236. The molecule has 0 saturated heterocycles. The number of aryl methyl sites for hydroxylation is 3. The molecule has 0 aliphatic heterocycles. The molecule has 2 heterocycles. The van der Waals surface area contributed by atoms with Gasteiger partial charge < -0.3 is 19.3 Å². The van der Waals surface area contributed by atoms with E-state index in [-0.39, 0.29) is 12.2 Å². The maximum Gasteiger partial charge on any atom is 0.344 e. The van der Waals surface area contributed by atoms with Gasteiger partial charge in [-0.25, -0.2) is 9.59 Å². The summed E-state index contributed by atoms with van der Waals surface area (Å²) in [5.41, 5.74) is 1.91. The number of carbonyl (C=O) groups is 3. The van der Waals surface area contributed by atoms with Crippen molar-refractivity contribution in [3.8, 4) is 0 Å². The van der Waals surface area contributed by atoms with Crippen molar-refractivity contribution >= 4 is 34.2 Å². The molecule has 152 valence electrons. The third-order valence-electron chi connectivity index (χ3n) is 4.10. The molecule has 0 aromatic carbocycles. The van der Waals surface area contributed by atoms with Crippen LogP contribution in [0.3, 0.4) is 0 Å². The van der Waals surface area contributed by atoms with Crippen molar-refractivity contribution in [2.75, 3.05) is 18.5 Å². The summed E-state index contributed by atoms with van der Waals surface area (Å²) < 4.78 is 15.2. The van der Waals surface area contributed by atoms with Crippen molar-refractivity contribution < 1.29 is 28.4 Å². The lowest BCUT2D eigenvalue weighted by molar-refractivity contribution is -0.119. The first kappa shape index (κ1) is 21.6. The smallest absolute Gasteiger partial charge is 0.344 e. The Hall–Kier alpha value is -2.68. The first-order chi connectivity index (χ1) is 13.3. The van der Waals surface area contributed by atoms with Crippen LogP contribution in [0.5, 0.6) is 0 Å². The van der Waals surface area contributed by atoms with Crippen LogP contribution in [0.4, 0.5) is 5.00 Å². The Morgan fingerprint density at radius 3 is 2.32 bits per heavy atom. The third kappa shape index (κ3) is 4.59. The van der Waals surface area contributed by atoms with Crippen LogP contribution < -0.4 is 5.32 Å². The van der Waals surface area contributed by atoms with Gasteiger partial charge in [-0.1, -0.05) is 19.0 Å². The number of aromatic nitrogens is 1. The number of amides is 1. The fraction of sp³-hybridized carbons (Fsp3) is 0.474. The molecule has 8 nitrogen and oxygen atoms in total. The van der Waals surface area contributed by atoms with Crippen molar-refractivity contribution in [1.82, 2.24) is 5.16 Å². The normalized spacial score (nSPS) is 10.6. The molecule has 2 aromatic rings. The van der Waals surface area contributed by atoms with Gasteiger partial charge in [-0.15, -0.1) is 11.3 Å². The van der Waals surface area contributed by atoms with Crippen LogP contribution in [0.25, 0.3) is 0 Å². The number of nitrogens with zero attached hydrogens (tertiary/aromatic N) is 1. The van der Waals surface area contributed by atoms with E-state index >= 15 is 0 Å². The summed E-state index contributed by atoms with van der Waals surface area (Å²) in [7, 11) is 0. The van der Waals surface area contributed by atoms with Crippen molar-refractivity contribution in [3.63, 3.8) is 0 Å². The van der Waals surface area contributed by atoms with E-state index in [1.165, 1.54) is 11.3 Å². The molecular weight excluding hydrogens is 384 g/mol. The SMILES string of the molecule is CCOC(=O)c1c(NC(=O)COC(=O)c2c(CC)noc2C)sc(C)c1CC. The lowest BCUT2D eigenvalue weighted by Gasteiger charge is -2.08. The molecule has 1 amide bonds. The Morgan fingerprint density at radius 2 is 1.71 bits per heavy atom. The zero-order chi connectivity index (χ0) is 20.8. The van der Waals surface area contributed by atoms with E-state index in [2.05, 4.69) is 10.5 Å². The molecular formula is C19H24N2O6S. The summed E-state index contributed by atoms with van der Waals surface area (Å²) >= 11 is 1.29. The number of nitrogens with one attached hydrogen (secondary N) is 1. The van der Waals surface area contributed by atoms with Crippen LogP contribution in [-0.2, 0) is 27.1 Å². The Morgan fingerprint density at radius 1 is 1.04 bits per heavy atom. The Labute approximate surface area is 167 Å². The van der Waals surface area contributed by atoms with Gasteiger partial charge in [0.1, 0.15) is 16.3 Å². The Bertz CT molecular complexity index is 883. The van der Waals surface area contributed by atoms with Crippen LogP contribution in [0.15, 0.2) is 4.52 Å². The lowest BCUT2D eigenvalue weighted by Crippen LogP contribution is -2.22. The minimum Gasteiger partial charge on any atom is -0.462 e. The van der Waals surface area contributed by atoms with Crippen molar-refractivity contribution in [2.24, 2.45) is 0 Å². The molecule has 0 fully saturated rings. The molecule has 0 aliphatic carbocycles. The molecule has 0 unspecified atom stereocenters. The van der Waals surface area contributed by atoms with Crippen molar-refractivity contribution in [2.45, 2.75) is 47.5 Å². The van der Waals surface area contributed by atoms with E-state index < -0.39 is 24.5 Å². The van der Waals surface area contributed by atoms with E-state index in [9.17, 15) is 14.4 Å². The van der Waals surface area contributed by atoms with Gasteiger partial charge in [-0.2, -0.15) is 0 Å². The number of esters is 2. The van der Waals surface area contributed by atoms with Gasteiger partial charge in [0, 0.05) is 4.88 Å². The molecule has 2 rings (SSSR count). The van der Waals surface area contributed by atoms with Gasteiger partial charge >= 0.3 is 11.9 Å². The standard InChI is InChI=1S/C19H24N2O6S/c1-6-12-11(5)28-17(16(12)19(24)25-8-3)20-14(22)9-26-18(23)15-10(4)27-21-13(15)7-2/h6-9H2,1-5H3,(H,20,22).